The number of anilines is 1. The Labute approximate surface area is 154 Å². The highest BCUT2D eigenvalue weighted by atomic mass is 16.5. The molecule has 1 N–H and O–H groups in total. The molecule has 0 atom stereocenters. The lowest BCUT2D eigenvalue weighted by atomic mass is 10.1. The zero-order chi connectivity index (χ0) is 19.4. The first-order chi connectivity index (χ1) is 13.0. The second-order valence-corrected chi connectivity index (χ2v) is 5.77. The summed E-state index contributed by atoms with van der Waals surface area (Å²) in [5.41, 5.74) is 0.835. The van der Waals surface area contributed by atoms with E-state index in [1.807, 2.05) is 0 Å². The highest BCUT2D eigenvalue weighted by Crippen LogP contribution is 2.31. The van der Waals surface area contributed by atoms with Gasteiger partial charge in [0.1, 0.15) is 5.58 Å². The maximum absolute atomic E-state index is 12.1. The van der Waals surface area contributed by atoms with Crippen molar-refractivity contribution in [3.63, 3.8) is 0 Å². The summed E-state index contributed by atoms with van der Waals surface area (Å²) < 4.78 is 15.9. The van der Waals surface area contributed by atoms with Crippen molar-refractivity contribution in [2.24, 2.45) is 0 Å². The van der Waals surface area contributed by atoms with E-state index in [9.17, 15) is 14.4 Å². The molecule has 0 bridgehead atoms. The number of methoxy groups -OCH3 is 1. The molecule has 2 aromatic carbocycles. The fraction of sp³-hybridized carbons (Fsp3) is 0.150. The minimum absolute atomic E-state index is 0.0928. The summed E-state index contributed by atoms with van der Waals surface area (Å²) in [6.45, 7) is 1.16. The fourth-order valence-corrected chi connectivity index (χ4v) is 2.50. The van der Waals surface area contributed by atoms with Crippen LogP contribution in [0.4, 0.5) is 5.69 Å². The van der Waals surface area contributed by atoms with E-state index in [0.717, 1.165) is 0 Å². The van der Waals surface area contributed by atoms with Crippen molar-refractivity contribution in [3.05, 3.63) is 64.5 Å². The largest absolute Gasteiger partial charge is 0.493 e. The van der Waals surface area contributed by atoms with Crippen LogP contribution in [-0.4, -0.2) is 25.4 Å². The van der Waals surface area contributed by atoms with E-state index in [0.29, 0.717) is 28.0 Å². The van der Waals surface area contributed by atoms with Crippen LogP contribution in [0.3, 0.4) is 0 Å². The van der Waals surface area contributed by atoms with Gasteiger partial charge < -0.3 is 19.2 Å². The quantitative estimate of drug-likeness (QED) is 0.532. The predicted octanol–water partition coefficient (Wildman–Crippen LogP) is 3.02. The van der Waals surface area contributed by atoms with E-state index in [2.05, 4.69) is 5.32 Å². The van der Waals surface area contributed by atoms with Crippen LogP contribution >= 0.6 is 0 Å². The third-order valence-corrected chi connectivity index (χ3v) is 3.82. The smallest absolute Gasteiger partial charge is 0.336 e. The lowest BCUT2D eigenvalue weighted by Gasteiger charge is -2.12. The van der Waals surface area contributed by atoms with Gasteiger partial charge in [0.05, 0.1) is 7.11 Å². The van der Waals surface area contributed by atoms with E-state index in [1.165, 1.54) is 26.2 Å². The van der Waals surface area contributed by atoms with Crippen molar-refractivity contribution in [3.8, 4) is 11.5 Å². The minimum Gasteiger partial charge on any atom is -0.493 e. The molecule has 0 saturated heterocycles. The number of rotatable bonds is 6. The number of carbonyl (C=O) groups is 2. The molecule has 1 heterocycles. The molecule has 1 amide bonds. The van der Waals surface area contributed by atoms with Gasteiger partial charge in [0, 0.05) is 28.8 Å². The van der Waals surface area contributed by atoms with Crippen molar-refractivity contribution in [1.29, 1.82) is 0 Å². The van der Waals surface area contributed by atoms with Gasteiger partial charge in [-0.15, -0.1) is 0 Å². The van der Waals surface area contributed by atoms with Gasteiger partial charge in [-0.05, 0) is 31.2 Å². The molecule has 7 nitrogen and oxygen atoms in total. The Morgan fingerprint density at radius 3 is 2.63 bits per heavy atom. The van der Waals surface area contributed by atoms with Gasteiger partial charge in [-0.25, -0.2) is 4.79 Å². The molecule has 0 aliphatic rings. The lowest BCUT2D eigenvalue weighted by molar-refractivity contribution is -0.118. The number of hydrogen-bond donors (Lipinski definition) is 1. The maximum Gasteiger partial charge on any atom is 0.336 e. The Hall–Kier alpha value is -3.61. The summed E-state index contributed by atoms with van der Waals surface area (Å²) in [6.07, 6.45) is 0. The molecule has 7 heteroatoms. The van der Waals surface area contributed by atoms with Crippen LogP contribution in [0.15, 0.2) is 57.7 Å². The number of ether oxygens (including phenoxy) is 2. The average Bonchev–Trinajstić information content (AvgIpc) is 2.65. The second kappa shape index (κ2) is 7.74. The summed E-state index contributed by atoms with van der Waals surface area (Å²) in [5.74, 6) is 0.173. The molecule has 0 saturated carbocycles. The first-order valence-electron chi connectivity index (χ1n) is 8.12. The third-order valence-electron chi connectivity index (χ3n) is 3.82. The molecule has 0 aliphatic carbocycles. The molecule has 27 heavy (non-hydrogen) atoms. The van der Waals surface area contributed by atoms with Gasteiger partial charge in [-0.2, -0.15) is 0 Å². The number of amides is 1. The normalized spacial score (nSPS) is 10.4. The molecule has 0 unspecified atom stereocenters. The van der Waals surface area contributed by atoms with Crippen molar-refractivity contribution in [2.45, 2.75) is 6.92 Å². The summed E-state index contributed by atoms with van der Waals surface area (Å²) in [7, 11) is 1.47. The van der Waals surface area contributed by atoms with Crippen LogP contribution in [0.2, 0.25) is 0 Å². The summed E-state index contributed by atoms with van der Waals surface area (Å²) in [4.78, 5) is 34.9. The molecule has 0 fully saturated rings. The minimum atomic E-state index is -0.485. The molecular weight excluding hydrogens is 350 g/mol. The highest BCUT2D eigenvalue weighted by molar-refractivity contribution is 5.97. The van der Waals surface area contributed by atoms with E-state index in [4.69, 9.17) is 13.9 Å². The Balaban J connectivity index is 1.73. The van der Waals surface area contributed by atoms with Crippen LogP contribution in [0, 0.1) is 0 Å². The van der Waals surface area contributed by atoms with Crippen molar-refractivity contribution in [2.75, 3.05) is 19.0 Å². The lowest BCUT2D eigenvalue weighted by Crippen LogP contribution is -2.20. The topological polar surface area (TPSA) is 94.8 Å². The van der Waals surface area contributed by atoms with Crippen LogP contribution in [0.1, 0.15) is 17.3 Å². The Morgan fingerprint density at radius 2 is 1.89 bits per heavy atom. The molecule has 3 aromatic rings. The summed E-state index contributed by atoms with van der Waals surface area (Å²) in [6, 6.07) is 12.7. The summed E-state index contributed by atoms with van der Waals surface area (Å²) >= 11 is 0. The van der Waals surface area contributed by atoms with Gasteiger partial charge >= 0.3 is 5.63 Å². The van der Waals surface area contributed by atoms with E-state index in [1.54, 1.807) is 36.4 Å². The van der Waals surface area contributed by atoms with Crippen LogP contribution < -0.4 is 20.4 Å². The average molecular weight is 367 g/mol. The molecule has 1 aromatic heterocycles. The van der Waals surface area contributed by atoms with E-state index < -0.39 is 11.5 Å². The Morgan fingerprint density at radius 1 is 1.07 bits per heavy atom. The number of fused-ring (bicyclic) bond motifs is 1. The van der Waals surface area contributed by atoms with Crippen molar-refractivity contribution >= 4 is 28.3 Å². The van der Waals surface area contributed by atoms with Gasteiger partial charge in [0.15, 0.2) is 23.9 Å². The number of carbonyl (C=O) groups excluding carboxylic acids is 2. The van der Waals surface area contributed by atoms with Gasteiger partial charge in [-0.1, -0.05) is 12.1 Å². The first kappa shape index (κ1) is 18.2. The van der Waals surface area contributed by atoms with Crippen LogP contribution in [-0.2, 0) is 4.79 Å². The Kier molecular flexibility index (Phi) is 5.21. The van der Waals surface area contributed by atoms with Crippen LogP contribution in [0.25, 0.3) is 11.0 Å². The summed E-state index contributed by atoms with van der Waals surface area (Å²) in [5, 5.41) is 3.33. The van der Waals surface area contributed by atoms with Gasteiger partial charge in [0.2, 0.25) is 0 Å². The zero-order valence-corrected chi connectivity index (χ0v) is 14.8. The van der Waals surface area contributed by atoms with E-state index in [-0.39, 0.29) is 18.1 Å². The standard InChI is InChI=1S/C20H17NO6/c1-12(22)13-4-3-5-15(8-13)21-19(23)11-26-18-10-16-14(9-17(18)25-2)6-7-20(24)27-16/h3-10H,11H2,1-2H3,(H,21,23). The number of ketones is 1. The molecule has 0 spiro atoms. The monoisotopic (exact) mass is 367 g/mol. The van der Waals surface area contributed by atoms with Crippen LogP contribution in [0.5, 0.6) is 11.5 Å². The zero-order valence-electron chi connectivity index (χ0n) is 14.8. The number of hydrogen-bond acceptors (Lipinski definition) is 6. The van der Waals surface area contributed by atoms with E-state index >= 15 is 0 Å². The van der Waals surface area contributed by atoms with Gasteiger partial charge in [-0.3, -0.25) is 9.59 Å². The third kappa shape index (κ3) is 4.33. The fourth-order valence-electron chi connectivity index (χ4n) is 2.50. The number of benzene rings is 2. The molecule has 138 valence electrons. The van der Waals surface area contributed by atoms with Crippen molar-refractivity contribution < 1.29 is 23.5 Å². The number of Topliss-reactive ketones (excluding diaryl/α,β-unsaturated/α-hetero) is 1. The number of nitrogens with one attached hydrogen (secondary N) is 1. The first-order valence-corrected chi connectivity index (χ1v) is 8.12. The Bertz CT molecular complexity index is 1070. The SMILES string of the molecule is COc1cc2ccc(=O)oc2cc1OCC(=O)Nc1cccc(C(C)=O)c1. The molecule has 0 aliphatic heterocycles. The van der Waals surface area contributed by atoms with Gasteiger partial charge in [0.25, 0.3) is 5.91 Å². The molecule has 0 radical (unpaired) electrons. The predicted molar refractivity (Wildman–Crippen MR) is 99.6 cm³/mol. The van der Waals surface area contributed by atoms with Crippen molar-refractivity contribution in [1.82, 2.24) is 0 Å². The maximum atomic E-state index is 12.1. The molecular formula is C20H17NO6. The molecule has 3 rings (SSSR count). The highest BCUT2D eigenvalue weighted by Gasteiger charge is 2.12. The second-order valence-electron chi connectivity index (χ2n) is 5.77.